The van der Waals surface area contributed by atoms with Gasteiger partial charge in [0.1, 0.15) is 5.75 Å². The number of methoxy groups -OCH3 is 1. The lowest BCUT2D eigenvalue weighted by Crippen LogP contribution is -2.34. The Balaban J connectivity index is 1.85. The second-order valence-corrected chi connectivity index (χ2v) is 5.52. The number of nitrogens with one attached hydrogen (secondary N) is 2. The van der Waals surface area contributed by atoms with Gasteiger partial charge in [0.25, 0.3) is 11.8 Å². The number of benzene rings is 1. The van der Waals surface area contributed by atoms with Gasteiger partial charge in [0.2, 0.25) is 0 Å². The highest BCUT2D eigenvalue weighted by Crippen LogP contribution is 2.21. The predicted octanol–water partition coefficient (Wildman–Crippen LogP) is 1.73. The third-order valence-corrected chi connectivity index (χ3v) is 3.41. The summed E-state index contributed by atoms with van der Waals surface area (Å²) in [6.07, 6.45) is 4.45. The van der Waals surface area contributed by atoms with Gasteiger partial charge in [0.15, 0.2) is 0 Å². The maximum Gasteiger partial charge on any atom is 0.259 e. The first-order valence-electron chi connectivity index (χ1n) is 6.94. The van der Waals surface area contributed by atoms with Gasteiger partial charge in [-0.25, -0.2) is 5.43 Å². The lowest BCUT2D eigenvalue weighted by Gasteiger charge is -2.05. The summed E-state index contributed by atoms with van der Waals surface area (Å²) >= 11 is 3.35. The zero-order chi connectivity index (χ0) is 17.4. The molecule has 1 heterocycles. The summed E-state index contributed by atoms with van der Waals surface area (Å²) in [6, 6.07) is 8.67. The minimum Gasteiger partial charge on any atom is -0.496 e. The monoisotopic (exact) mass is 390 g/mol. The van der Waals surface area contributed by atoms with Crippen LogP contribution < -0.4 is 15.5 Å². The van der Waals surface area contributed by atoms with Crippen molar-refractivity contribution in [2.45, 2.75) is 0 Å². The predicted molar refractivity (Wildman–Crippen MR) is 93.0 cm³/mol. The number of carbonyl (C=O) groups excluding carboxylic acids is 2. The van der Waals surface area contributed by atoms with Gasteiger partial charge in [-0.15, -0.1) is 0 Å². The minimum absolute atomic E-state index is 0.194. The third kappa shape index (κ3) is 5.17. The Bertz CT molecular complexity index is 750. The van der Waals surface area contributed by atoms with Crippen molar-refractivity contribution in [1.82, 2.24) is 15.7 Å². The highest BCUT2D eigenvalue weighted by Gasteiger charge is 2.07. The Labute approximate surface area is 147 Å². The van der Waals surface area contributed by atoms with Crippen molar-refractivity contribution in [3.63, 3.8) is 0 Å². The summed E-state index contributed by atoms with van der Waals surface area (Å²) in [4.78, 5) is 27.3. The highest BCUT2D eigenvalue weighted by molar-refractivity contribution is 9.10. The molecule has 2 aromatic rings. The number of hydrogen-bond acceptors (Lipinski definition) is 5. The van der Waals surface area contributed by atoms with Crippen LogP contribution in [0, 0.1) is 0 Å². The lowest BCUT2D eigenvalue weighted by molar-refractivity contribution is -0.120. The third-order valence-electron chi connectivity index (χ3n) is 2.92. The standard InChI is InChI=1S/C16H15BrN4O3/c1-24-14-5-4-13(17)7-12(14)9-20-21-15(22)10-19-16(23)11-3-2-6-18-8-11/h2-9H,10H2,1H3,(H,19,23)(H,21,22). The quantitative estimate of drug-likeness (QED) is 0.580. The zero-order valence-corrected chi connectivity index (χ0v) is 14.4. The van der Waals surface area contributed by atoms with Gasteiger partial charge in [0, 0.05) is 22.4 Å². The number of pyridine rings is 1. The van der Waals surface area contributed by atoms with Crippen molar-refractivity contribution in [3.8, 4) is 5.75 Å². The number of ether oxygens (including phenoxy) is 1. The van der Waals surface area contributed by atoms with Crippen LogP contribution >= 0.6 is 15.9 Å². The Morgan fingerprint density at radius 3 is 2.92 bits per heavy atom. The fourth-order valence-corrected chi connectivity index (χ4v) is 2.16. The van der Waals surface area contributed by atoms with Crippen molar-refractivity contribution >= 4 is 34.0 Å². The molecule has 0 saturated carbocycles. The molecule has 0 aliphatic heterocycles. The van der Waals surface area contributed by atoms with E-state index in [0.29, 0.717) is 16.9 Å². The Hall–Kier alpha value is -2.74. The fraction of sp³-hybridized carbons (Fsp3) is 0.125. The number of aromatic nitrogens is 1. The van der Waals surface area contributed by atoms with E-state index in [1.807, 2.05) is 6.07 Å². The molecule has 0 bridgehead atoms. The van der Waals surface area contributed by atoms with Gasteiger partial charge in [-0.3, -0.25) is 14.6 Å². The van der Waals surface area contributed by atoms with Crippen LogP contribution in [0.25, 0.3) is 0 Å². The molecule has 0 saturated heterocycles. The molecule has 0 fully saturated rings. The van der Waals surface area contributed by atoms with Gasteiger partial charge in [-0.2, -0.15) is 5.10 Å². The van der Waals surface area contributed by atoms with Crippen molar-refractivity contribution in [2.24, 2.45) is 5.10 Å². The summed E-state index contributed by atoms with van der Waals surface area (Å²) in [6.45, 7) is -0.194. The molecule has 2 amide bonds. The van der Waals surface area contributed by atoms with Crippen LogP contribution in [0.5, 0.6) is 5.75 Å². The molecule has 2 rings (SSSR count). The number of hydrazone groups is 1. The second kappa shape index (κ2) is 8.78. The van der Waals surface area contributed by atoms with Crippen LogP contribution in [0.15, 0.2) is 52.3 Å². The Kier molecular flexibility index (Phi) is 6.44. The summed E-state index contributed by atoms with van der Waals surface area (Å²) in [7, 11) is 1.55. The van der Waals surface area contributed by atoms with Crippen molar-refractivity contribution in [2.75, 3.05) is 13.7 Å². The topological polar surface area (TPSA) is 92.7 Å². The molecule has 1 aromatic heterocycles. The fourth-order valence-electron chi connectivity index (χ4n) is 1.78. The molecule has 2 N–H and O–H groups in total. The van der Waals surface area contributed by atoms with Crippen LogP contribution in [0.3, 0.4) is 0 Å². The van der Waals surface area contributed by atoms with Crippen molar-refractivity contribution in [1.29, 1.82) is 0 Å². The van der Waals surface area contributed by atoms with Crippen LogP contribution in [-0.2, 0) is 4.79 Å². The number of hydrogen-bond donors (Lipinski definition) is 2. The van der Waals surface area contributed by atoms with Gasteiger partial charge in [-0.05, 0) is 30.3 Å². The number of nitrogens with zero attached hydrogens (tertiary/aromatic N) is 2. The molecule has 0 aliphatic carbocycles. The number of carbonyl (C=O) groups is 2. The molecule has 0 atom stereocenters. The van der Waals surface area contributed by atoms with E-state index >= 15 is 0 Å². The summed E-state index contributed by atoms with van der Waals surface area (Å²) in [5.41, 5.74) is 3.42. The first kappa shape index (κ1) is 17.6. The maximum absolute atomic E-state index is 11.8. The van der Waals surface area contributed by atoms with Gasteiger partial charge < -0.3 is 10.1 Å². The molecule has 124 valence electrons. The average Bonchev–Trinajstić information content (AvgIpc) is 2.60. The van der Waals surface area contributed by atoms with Gasteiger partial charge >= 0.3 is 0 Å². The summed E-state index contributed by atoms with van der Waals surface area (Å²) < 4.78 is 6.06. The lowest BCUT2D eigenvalue weighted by atomic mass is 10.2. The number of halogens is 1. The molecule has 0 radical (unpaired) electrons. The van der Waals surface area contributed by atoms with E-state index in [1.165, 1.54) is 12.4 Å². The molecular weight excluding hydrogens is 376 g/mol. The molecule has 8 heteroatoms. The zero-order valence-electron chi connectivity index (χ0n) is 12.8. The van der Waals surface area contributed by atoms with E-state index in [1.54, 1.807) is 37.6 Å². The number of amides is 2. The minimum atomic E-state index is -0.447. The highest BCUT2D eigenvalue weighted by atomic mass is 79.9. The van der Waals surface area contributed by atoms with Gasteiger partial charge in [-0.1, -0.05) is 15.9 Å². The van der Waals surface area contributed by atoms with E-state index in [9.17, 15) is 9.59 Å². The normalized spacial score (nSPS) is 10.4. The molecule has 0 spiro atoms. The van der Waals surface area contributed by atoms with Gasteiger partial charge in [0.05, 0.1) is 25.4 Å². The van der Waals surface area contributed by atoms with E-state index in [4.69, 9.17) is 4.74 Å². The molecule has 24 heavy (non-hydrogen) atoms. The van der Waals surface area contributed by atoms with Crippen LogP contribution in [0.1, 0.15) is 15.9 Å². The largest absolute Gasteiger partial charge is 0.496 e. The van der Waals surface area contributed by atoms with Crippen LogP contribution in [0.2, 0.25) is 0 Å². The Morgan fingerprint density at radius 1 is 1.38 bits per heavy atom. The number of rotatable bonds is 6. The SMILES string of the molecule is COc1ccc(Br)cc1C=NNC(=O)CNC(=O)c1cccnc1. The molecule has 0 unspecified atom stereocenters. The second-order valence-electron chi connectivity index (χ2n) is 4.60. The summed E-state index contributed by atoms with van der Waals surface area (Å²) in [5, 5.41) is 6.33. The van der Waals surface area contributed by atoms with Crippen LogP contribution in [0.4, 0.5) is 0 Å². The molecule has 1 aromatic carbocycles. The average molecular weight is 391 g/mol. The molecular formula is C16H15BrN4O3. The van der Waals surface area contributed by atoms with E-state index < -0.39 is 5.91 Å². The smallest absolute Gasteiger partial charge is 0.259 e. The van der Waals surface area contributed by atoms with Crippen molar-refractivity contribution < 1.29 is 14.3 Å². The molecule has 7 nitrogen and oxygen atoms in total. The maximum atomic E-state index is 11.8. The first-order valence-corrected chi connectivity index (χ1v) is 7.73. The van der Waals surface area contributed by atoms with E-state index in [0.717, 1.165) is 4.47 Å². The van der Waals surface area contributed by atoms with E-state index in [2.05, 4.69) is 36.8 Å². The van der Waals surface area contributed by atoms with Crippen molar-refractivity contribution in [3.05, 3.63) is 58.3 Å². The Morgan fingerprint density at radius 2 is 2.21 bits per heavy atom. The van der Waals surface area contributed by atoms with Crippen LogP contribution in [-0.4, -0.2) is 36.7 Å². The van der Waals surface area contributed by atoms with E-state index in [-0.39, 0.29) is 12.5 Å². The first-order chi connectivity index (χ1) is 11.6. The molecule has 0 aliphatic rings. The summed E-state index contributed by atoms with van der Waals surface area (Å²) in [5.74, 6) is -0.200.